The molecular weight excluding hydrogens is 359 g/mol. The fourth-order valence-electron chi connectivity index (χ4n) is 2.06. The predicted molar refractivity (Wildman–Crippen MR) is 91.0 cm³/mol. The molecule has 0 aliphatic heterocycles. The molecular formula is C16H21ClF3N3O2. The van der Waals surface area contributed by atoms with E-state index in [4.69, 9.17) is 10.5 Å². The number of hydrogen-bond acceptors (Lipinski definition) is 4. The van der Waals surface area contributed by atoms with Crippen molar-refractivity contribution in [2.24, 2.45) is 11.7 Å². The molecule has 0 aliphatic carbocycles. The Balaban J connectivity index is 0.00000312. The van der Waals surface area contributed by atoms with Gasteiger partial charge in [-0.2, -0.15) is 5.10 Å². The van der Waals surface area contributed by atoms with Crippen LogP contribution >= 0.6 is 12.4 Å². The molecule has 2 rings (SSSR count). The zero-order valence-corrected chi connectivity index (χ0v) is 14.7. The fourth-order valence-corrected chi connectivity index (χ4v) is 2.06. The summed E-state index contributed by atoms with van der Waals surface area (Å²) in [7, 11) is 0. The Kier molecular flexibility index (Phi) is 7.57. The van der Waals surface area contributed by atoms with Crippen molar-refractivity contribution in [2.45, 2.75) is 26.8 Å². The number of ether oxygens (including phenoxy) is 2. The summed E-state index contributed by atoms with van der Waals surface area (Å²) in [4.78, 5) is 0. The SMILES string of the molecule is CC(C)COc1ccc(OC(F)(F)F)c(-c2cnn(CCN)c2)c1.Cl. The van der Waals surface area contributed by atoms with Crippen LogP contribution in [0.1, 0.15) is 13.8 Å². The Morgan fingerprint density at radius 1 is 1.28 bits per heavy atom. The average molecular weight is 380 g/mol. The molecule has 25 heavy (non-hydrogen) atoms. The maximum atomic E-state index is 12.6. The lowest BCUT2D eigenvalue weighted by molar-refractivity contribution is -0.274. The standard InChI is InChI=1S/C16H20F3N3O2.ClH/c1-11(2)10-23-13-3-4-15(24-16(17,18)19)14(7-13)12-8-21-22(9-12)6-5-20;/h3-4,7-9,11H,5-6,10,20H2,1-2H3;1H. The van der Waals surface area contributed by atoms with E-state index in [2.05, 4.69) is 9.84 Å². The van der Waals surface area contributed by atoms with Gasteiger partial charge in [0, 0.05) is 23.9 Å². The van der Waals surface area contributed by atoms with Crippen LogP contribution in [0.25, 0.3) is 11.1 Å². The molecule has 0 amide bonds. The number of halogens is 4. The molecule has 1 aromatic carbocycles. The van der Waals surface area contributed by atoms with Gasteiger partial charge in [0.25, 0.3) is 0 Å². The van der Waals surface area contributed by atoms with Gasteiger partial charge >= 0.3 is 6.36 Å². The van der Waals surface area contributed by atoms with Crippen LogP contribution in [-0.2, 0) is 6.54 Å². The molecule has 0 radical (unpaired) electrons. The van der Waals surface area contributed by atoms with E-state index in [1.54, 1.807) is 10.9 Å². The third kappa shape index (κ3) is 6.47. The van der Waals surface area contributed by atoms with E-state index in [1.165, 1.54) is 24.4 Å². The zero-order chi connectivity index (χ0) is 17.7. The summed E-state index contributed by atoms with van der Waals surface area (Å²) >= 11 is 0. The minimum atomic E-state index is -4.78. The van der Waals surface area contributed by atoms with Gasteiger partial charge in [-0.15, -0.1) is 25.6 Å². The van der Waals surface area contributed by atoms with Gasteiger partial charge in [-0.1, -0.05) is 13.8 Å². The van der Waals surface area contributed by atoms with E-state index < -0.39 is 6.36 Å². The molecule has 0 fully saturated rings. The Morgan fingerprint density at radius 3 is 2.60 bits per heavy atom. The molecule has 1 heterocycles. The lowest BCUT2D eigenvalue weighted by Crippen LogP contribution is -2.17. The summed E-state index contributed by atoms with van der Waals surface area (Å²) in [6.45, 7) is 5.28. The highest BCUT2D eigenvalue weighted by Crippen LogP contribution is 2.36. The lowest BCUT2D eigenvalue weighted by Gasteiger charge is -2.15. The summed E-state index contributed by atoms with van der Waals surface area (Å²) in [5.74, 6) is 0.471. The Morgan fingerprint density at radius 2 is 2.00 bits per heavy atom. The lowest BCUT2D eigenvalue weighted by atomic mass is 10.1. The molecule has 140 valence electrons. The quantitative estimate of drug-likeness (QED) is 0.793. The van der Waals surface area contributed by atoms with Gasteiger partial charge in [0.15, 0.2) is 0 Å². The Hall–Kier alpha value is -1.93. The van der Waals surface area contributed by atoms with Crippen LogP contribution in [0.3, 0.4) is 0 Å². The molecule has 1 aromatic heterocycles. The second-order valence-electron chi connectivity index (χ2n) is 5.69. The number of alkyl halides is 3. The molecule has 2 N–H and O–H groups in total. The molecule has 0 bridgehead atoms. The molecule has 0 saturated heterocycles. The van der Waals surface area contributed by atoms with Crippen molar-refractivity contribution in [1.82, 2.24) is 9.78 Å². The van der Waals surface area contributed by atoms with Gasteiger partial charge in [0.1, 0.15) is 11.5 Å². The van der Waals surface area contributed by atoms with Gasteiger partial charge in [-0.05, 0) is 24.1 Å². The first kappa shape index (κ1) is 21.1. The summed E-state index contributed by atoms with van der Waals surface area (Å²) in [6.07, 6.45) is -1.68. The number of benzene rings is 1. The Bertz CT molecular complexity index is 675. The van der Waals surface area contributed by atoms with Gasteiger partial charge in [-0.25, -0.2) is 0 Å². The maximum absolute atomic E-state index is 12.6. The number of rotatable bonds is 7. The minimum Gasteiger partial charge on any atom is -0.493 e. The van der Waals surface area contributed by atoms with Crippen LogP contribution in [0.5, 0.6) is 11.5 Å². The van der Waals surface area contributed by atoms with E-state index in [-0.39, 0.29) is 23.7 Å². The smallest absolute Gasteiger partial charge is 0.493 e. The average Bonchev–Trinajstić information content (AvgIpc) is 2.93. The van der Waals surface area contributed by atoms with E-state index in [0.717, 1.165) is 0 Å². The van der Waals surface area contributed by atoms with Crippen LogP contribution in [0.4, 0.5) is 13.2 Å². The highest BCUT2D eigenvalue weighted by Gasteiger charge is 2.32. The van der Waals surface area contributed by atoms with Gasteiger partial charge in [0.2, 0.25) is 0 Å². The molecule has 5 nitrogen and oxygen atoms in total. The van der Waals surface area contributed by atoms with Gasteiger partial charge < -0.3 is 15.2 Å². The monoisotopic (exact) mass is 379 g/mol. The first-order valence-corrected chi connectivity index (χ1v) is 7.54. The topological polar surface area (TPSA) is 62.3 Å². The maximum Gasteiger partial charge on any atom is 0.573 e. The van der Waals surface area contributed by atoms with E-state index in [9.17, 15) is 13.2 Å². The summed E-state index contributed by atoms with van der Waals surface area (Å²) in [6, 6.07) is 4.23. The van der Waals surface area contributed by atoms with Crippen LogP contribution in [0, 0.1) is 5.92 Å². The third-order valence-corrected chi connectivity index (χ3v) is 3.06. The fraction of sp³-hybridized carbons (Fsp3) is 0.438. The summed E-state index contributed by atoms with van der Waals surface area (Å²) in [5, 5.41) is 4.08. The van der Waals surface area contributed by atoms with Gasteiger partial charge in [-0.3, -0.25) is 4.68 Å². The normalized spacial score (nSPS) is 11.3. The number of nitrogens with two attached hydrogens (primary N) is 1. The van der Waals surface area contributed by atoms with E-state index in [0.29, 0.717) is 36.9 Å². The Labute approximate surface area is 150 Å². The molecule has 0 spiro atoms. The number of aromatic nitrogens is 2. The molecule has 9 heteroatoms. The second-order valence-corrected chi connectivity index (χ2v) is 5.69. The van der Waals surface area contributed by atoms with E-state index >= 15 is 0 Å². The van der Waals surface area contributed by atoms with Crippen LogP contribution < -0.4 is 15.2 Å². The minimum absolute atomic E-state index is 0. The van der Waals surface area contributed by atoms with Crippen LogP contribution in [-0.4, -0.2) is 29.3 Å². The van der Waals surface area contributed by atoms with Crippen molar-refractivity contribution in [3.8, 4) is 22.6 Å². The second kappa shape index (κ2) is 8.96. The molecule has 2 aromatic rings. The van der Waals surface area contributed by atoms with Crippen molar-refractivity contribution in [3.63, 3.8) is 0 Å². The van der Waals surface area contributed by atoms with Crippen molar-refractivity contribution >= 4 is 12.4 Å². The van der Waals surface area contributed by atoms with Crippen LogP contribution in [0.2, 0.25) is 0 Å². The molecule has 0 unspecified atom stereocenters. The highest BCUT2D eigenvalue weighted by molar-refractivity contribution is 5.85. The first-order chi connectivity index (χ1) is 11.3. The highest BCUT2D eigenvalue weighted by atomic mass is 35.5. The third-order valence-electron chi connectivity index (χ3n) is 3.06. The van der Waals surface area contributed by atoms with Crippen molar-refractivity contribution < 1.29 is 22.6 Å². The number of hydrogen-bond donors (Lipinski definition) is 1. The van der Waals surface area contributed by atoms with Crippen molar-refractivity contribution in [1.29, 1.82) is 0 Å². The van der Waals surface area contributed by atoms with Crippen molar-refractivity contribution in [2.75, 3.05) is 13.2 Å². The van der Waals surface area contributed by atoms with Gasteiger partial charge in [0.05, 0.1) is 19.3 Å². The van der Waals surface area contributed by atoms with Crippen molar-refractivity contribution in [3.05, 3.63) is 30.6 Å². The van der Waals surface area contributed by atoms with Crippen LogP contribution in [0.15, 0.2) is 30.6 Å². The molecule has 0 atom stereocenters. The molecule has 0 aliphatic rings. The van der Waals surface area contributed by atoms with E-state index in [1.807, 2.05) is 13.8 Å². The summed E-state index contributed by atoms with van der Waals surface area (Å²) in [5.41, 5.74) is 6.22. The molecule has 0 saturated carbocycles. The predicted octanol–water partition coefficient (Wildman–Crippen LogP) is 3.86. The number of nitrogens with zero attached hydrogens (tertiary/aromatic N) is 2. The zero-order valence-electron chi connectivity index (χ0n) is 13.9. The first-order valence-electron chi connectivity index (χ1n) is 7.54. The summed E-state index contributed by atoms with van der Waals surface area (Å²) < 4.78 is 49.1. The largest absolute Gasteiger partial charge is 0.573 e.